The molecule has 0 heterocycles. The molecule has 0 unspecified atom stereocenters. The number of benzene rings is 2. The zero-order valence-electron chi connectivity index (χ0n) is 16.5. The van der Waals surface area contributed by atoms with Crippen LogP contribution in [0.2, 0.25) is 0 Å². The molecule has 0 bridgehead atoms. The number of guanidine groups is 1. The van der Waals surface area contributed by atoms with Crippen LogP contribution in [0.25, 0.3) is 0 Å². The largest absolute Gasteiger partial charge is 0.356 e. The first-order chi connectivity index (χ1) is 12.5. The van der Waals surface area contributed by atoms with Crippen molar-refractivity contribution in [1.29, 1.82) is 0 Å². The van der Waals surface area contributed by atoms with E-state index in [4.69, 9.17) is 0 Å². The fourth-order valence-electron chi connectivity index (χ4n) is 2.56. The highest BCUT2D eigenvalue weighted by Gasteiger charge is 2.08. The van der Waals surface area contributed by atoms with Crippen LogP contribution >= 0.6 is 24.0 Å². The summed E-state index contributed by atoms with van der Waals surface area (Å²) >= 11 is 0. The van der Waals surface area contributed by atoms with Crippen molar-refractivity contribution in [3.8, 4) is 0 Å². The van der Waals surface area contributed by atoms with Crippen molar-refractivity contribution in [3.63, 3.8) is 0 Å². The number of rotatable bonds is 6. The maximum absolute atomic E-state index is 12.0. The molecule has 2 aromatic carbocycles. The Morgan fingerprint density at radius 2 is 1.74 bits per heavy atom. The summed E-state index contributed by atoms with van der Waals surface area (Å²) in [5, 5.41) is 6.63. The van der Waals surface area contributed by atoms with Crippen molar-refractivity contribution in [2.24, 2.45) is 4.99 Å². The fraction of sp³-hybridized carbons (Fsp3) is 0.333. The van der Waals surface area contributed by atoms with E-state index in [0.717, 1.165) is 36.6 Å². The Balaban J connectivity index is 0.00000364. The number of aryl methyl sites for hydroxylation is 1. The molecule has 0 saturated heterocycles. The molecule has 6 heteroatoms. The Kier molecular flexibility index (Phi) is 9.85. The Hall–Kier alpha value is -2.09. The number of hydrogen-bond donors (Lipinski definition) is 2. The molecular weight excluding hydrogens is 451 g/mol. The van der Waals surface area contributed by atoms with Crippen LogP contribution in [0.3, 0.4) is 0 Å². The third-order valence-corrected chi connectivity index (χ3v) is 4.09. The van der Waals surface area contributed by atoms with Crippen LogP contribution in [-0.4, -0.2) is 44.5 Å². The SMILES string of the molecule is CN=C(NCCc1cccc(C(=O)N(C)C)c1)NCc1ccc(C)cc1.I. The van der Waals surface area contributed by atoms with Gasteiger partial charge in [-0.2, -0.15) is 0 Å². The molecule has 0 aliphatic heterocycles. The molecule has 0 spiro atoms. The van der Waals surface area contributed by atoms with Gasteiger partial charge < -0.3 is 15.5 Å². The summed E-state index contributed by atoms with van der Waals surface area (Å²) < 4.78 is 0. The fourth-order valence-corrected chi connectivity index (χ4v) is 2.56. The molecule has 0 radical (unpaired) electrons. The lowest BCUT2D eigenvalue weighted by Crippen LogP contribution is -2.37. The quantitative estimate of drug-likeness (QED) is 0.379. The summed E-state index contributed by atoms with van der Waals surface area (Å²) in [5.41, 5.74) is 4.31. The predicted molar refractivity (Wildman–Crippen MR) is 123 cm³/mol. The van der Waals surface area contributed by atoms with Crippen molar-refractivity contribution in [2.45, 2.75) is 19.9 Å². The lowest BCUT2D eigenvalue weighted by atomic mass is 10.1. The number of halogens is 1. The lowest BCUT2D eigenvalue weighted by Gasteiger charge is -2.13. The first-order valence-electron chi connectivity index (χ1n) is 8.80. The van der Waals surface area contributed by atoms with Gasteiger partial charge in [0.25, 0.3) is 5.91 Å². The Morgan fingerprint density at radius 3 is 2.37 bits per heavy atom. The highest BCUT2D eigenvalue weighted by molar-refractivity contribution is 14.0. The van der Waals surface area contributed by atoms with Crippen molar-refractivity contribution < 1.29 is 4.79 Å². The number of nitrogens with one attached hydrogen (secondary N) is 2. The number of nitrogens with zero attached hydrogens (tertiary/aromatic N) is 2. The van der Waals surface area contributed by atoms with Gasteiger partial charge >= 0.3 is 0 Å². The maximum Gasteiger partial charge on any atom is 0.253 e. The van der Waals surface area contributed by atoms with Gasteiger partial charge in [-0.3, -0.25) is 9.79 Å². The normalized spacial score (nSPS) is 10.7. The van der Waals surface area contributed by atoms with Crippen LogP contribution in [-0.2, 0) is 13.0 Å². The van der Waals surface area contributed by atoms with Gasteiger partial charge in [-0.25, -0.2) is 0 Å². The summed E-state index contributed by atoms with van der Waals surface area (Å²) in [6, 6.07) is 16.2. The van der Waals surface area contributed by atoms with E-state index >= 15 is 0 Å². The predicted octanol–water partition coefficient (Wildman–Crippen LogP) is 3.22. The second-order valence-electron chi connectivity index (χ2n) is 6.49. The molecule has 0 aliphatic rings. The molecule has 2 rings (SSSR count). The van der Waals surface area contributed by atoms with Gasteiger partial charge in [0, 0.05) is 39.8 Å². The van der Waals surface area contributed by atoms with E-state index in [9.17, 15) is 4.79 Å². The minimum Gasteiger partial charge on any atom is -0.356 e. The van der Waals surface area contributed by atoms with E-state index in [2.05, 4.69) is 46.8 Å². The molecule has 0 aromatic heterocycles. The summed E-state index contributed by atoms with van der Waals surface area (Å²) in [6.07, 6.45) is 0.819. The number of carbonyl (C=O) groups excluding carboxylic acids is 1. The number of hydrogen-bond acceptors (Lipinski definition) is 2. The second kappa shape index (κ2) is 11.6. The highest BCUT2D eigenvalue weighted by Crippen LogP contribution is 2.08. The molecule has 0 atom stereocenters. The maximum atomic E-state index is 12.0. The highest BCUT2D eigenvalue weighted by atomic mass is 127. The van der Waals surface area contributed by atoms with Crippen LogP contribution in [0.1, 0.15) is 27.0 Å². The molecule has 2 N–H and O–H groups in total. The van der Waals surface area contributed by atoms with E-state index in [1.807, 2.05) is 24.3 Å². The summed E-state index contributed by atoms with van der Waals surface area (Å²) in [4.78, 5) is 17.9. The smallest absolute Gasteiger partial charge is 0.253 e. The summed E-state index contributed by atoms with van der Waals surface area (Å²) in [7, 11) is 5.29. The number of carbonyl (C=O) groups is 1. The molecule has 1 amide bonds. The average Bonchev–Trinajstić information content (AvgIpc) is 2.65. The van der Waals surface area contributed by atoms with E-state index in [-0.39, 0.29) is 29.9 Å². The molecule has 27 heavy (non-hydrogen) atoms. The van der Waals surface area contributed by atoms with E-state index < -0.39 is 0 Å². The zero-order chi connectivity index (χ0) is 18.9. The molecule has 0 fully saturated rings. The zero-order valence-corrected chi connectivity index (χ0v) is 18.8. The first kappa shape index (κ1) is 23.0. The van der Waals surface area contributed by atoms with E-state index in [1.165, 1.54) is 11.1 Å². The molecular formula is C21H29IN4O. The van der Waals surface area contributed by atoms with Crippen molar-refractivity contribution in [3.05, 3.63) is 70.8 Å². The monoisotopic (exact) mass is 480 g/mol. The van der Waals surface area contributed by atoms with Crippen LogP contribution < -0.4 is 10.6 Å². The molecule has 2 aromatic rings. The molecule has 5 nitrogen and oxygen atoms in total. The van der Waals surface area contributed by atoms with Crippen LogP contribution in [0.4, 0.5) is 0 Å². The molecule has 0 saturated carbocycles. The van der Waals surface area contributed by atoms with Gasteiger partial charge in [-0.15, -0.1) is 24.0 Å². The van der Waals surface area contributed by atoms with Gasteiger partial charge in [0.05, 0.1) is 0 Å². The van der Waals surface area contributed by atoms with Gasteiger partial charge in [0.1, 0.15) is 0 Å². The van der Waals surface area contributed by atoms with Gasteiger partial charge in [0.15, 0.2) is 5.96 Å². The van der Waals surface area contributed by atoms with Crippen molar-refractivity contribution in [2.75, 3.05) is 27.7 Å². The topological polar surface area (TPSA) is 56.7 Å². The van der Waals surface area contributed by atoms with E-state index in [0.29, 0.717) is 0 Å². The first-order valence-corrected chi connectivity index (χ1v) is 8.80. The summed E-state index contributed by atoms with van der Waals surface area (Å²) in [6.45, 7) is 3.55. The standard InChI is InChI=1S/C21H28N4O.HI/c1-16-8-10-18(11-9-16)15-24-21(22-2)23-13-12-17-6-5-7-19(14-17)20(26)25(3)4;/h5-11,14H,12-13,15H2,1-4H3,(H2,22,23,24);1H. The molecule has 146 valence electrons. The van der Waals surface area contributed by atoms with Crippen molar-refractivity contribution >= 4 is 35.8 Å². The number of aliphatic imine (C=N–C) groups is 1. The van der Waals surface area contributed by atoms with E-state index in [1.54, 1.807) is 26.0 Å². The Bertz CT molecular complexity index is 757. The minimum absolute atomic E-state index is 0. The van der Waals surface area contributed by atoms with Gasteiger partial charge in [-0.05, 0) is 36.6 Å². The Labute approximate surface area is 179 Å². The second-order valence-corrected chi connectivity index (χ2v) is 6.49. The Morgan fingerprint density at radius 1 is 1.04 bits per heavy atom. The van der Waals surface area contributed by atoms with Gasteiger partial charge in [0.2, 0.25) is 0 Å². The minimum atomic E-state index is 0. The third-order valence-electron chi connectivity index (χ3n) is 4.09. The van der Waals surface area contributed by atoms with Gasteiger partial charge in [-0.1, -0.05) is 42.0 Å². The van der Waals surface area contributed by atoms with Crippen molar-refractivity contribution in [1.82, 2.24) is 15.5 Å². The number of amides is 1. The molecule has 0 aliphatic carbocycles. The third kappa shape index (κ3) is 7.58. The van der Waals surface area contributed by atoms with Crippen LogP contribution in [0, 0.1) is 6.92 Å². The van der Waals surface area contributed by atoms with Crippen LogP contribution in [0.15, 0.2) is 53.5 Å². The lowest BCUT2D eigenvalue weighted by molar-refractivity contribution is 0.0827. The summed E-state index contributed by atoms with van der Waals surface area (Å²) in [5.74, 6) is 0.793. The van der Waals surface area contributed by atoms with Crippen LogP contribution in [0.5, 0.6) is 0 Å². The average molecular weight is 480 g/mol.